The van der Waals surface area contributed by atoms with Crippen molar-refractivity contribution < 1.29 is 9.59 Å². The molecule has 4 heteroatoms. The first-order valence-corrected chi connectivity index (χ1v) is 12.8. The van der Waals surface area contributed by atoms with Crippen LogP contribution in [0.15, 0.2) is 84.9 Å². The molecular formula is C31H36N2O2. The van der Waals surface area contributed by atoms with Gasteiger partial charge in [0, 0.05) is 25.4 Å². The van der Waals surface area contributed by atoms with Gasteiger partial charge in [-0.1, -0.05) is 97.8 Å². The van der Waals surface area contributed by atoms with Crippen LogP contribution in [0.1, 0.15) is 54.4 Å². The maximum atomic E-state index is 13.8. The Morgan fingerprint density at radius 3 is 2.11 bits per heavy atom. The molecule has 0 spiro atoms. The van der Waals surface area contributed by atoms with Crippen LogP contribution in [0.3, 0.4) is 0 Å². The van der Waals surface area contributed by atoms with E-state index in [1.807, 2.05) is 77.7 Å². The highest BCUT2D eigenvalue weighted by atomic mass is 16.2. The molecule has 0 bridgehead atoms. The van der Waals surface area contributed by atoms with Crippen molar-refractivity contribution in [2.24, 2.45) is 0 Å². The van der Waals surface area contributed by atoms with Gasteiger partial charge in [-0.2, -0.15) is 0 Å². The number of carbonyl (C=O) groups is 2. The Morgan fingerprint density at radius 1 is 0.857 bits per heavy atom. The highest BCUT2D eigenvalue weighted by molar-refractivity contribution is 5.88. The van der Waals surface area contributed by atoms with E-state index in [0.717, 1.165) is 47.9 Å². The summed E-state index contributed by atoms with van der Waals surface area (Å²) in [4.78, 5) is 29.3. The number of nitrogens with one attached hydrogen (secondary N) is 1. The van der Waals surface area contributed by atoms with Gasteiger partial charge in [0.25, 0.3) is 0 Å². The Bertz CT molecular complexity index is 1090. The van der Waals surface area contributed by atoms with E-state index in [1.54, 1.807) is 0 Å². The lowest BCUT2D eigenvalue weighted by Gasteiger charge is -2.33. The van der Waals surface area contributed by atoms with E-state index in [-0.39, 0.29) is 17.9 Å². The molecule has 1 atom stereocenters. The van der Waals surface area contributed by atoms with Gasteiger partial charge in [0.15, 0.2) is 0 Å². The number of rotatable bonds is 10. The molecule has 0 radical (unpaired) electrons. The van der Waals surface area contributed by atoms with Crippen molar-refractivity contribution in [3.63, 3.8) is 0 Å². The van der Waals surface area contributed by atoms with E-state index in [2.05, 4.69) is 24.4 Å². The molecule has 182 valence electrons. The van der Waals surface area contributed by atoms with Gasteiger partial charge < -0.3 is 10.2 Å². The zero-order valence-corrected chi connectivity index (χ0v) is 20.7. The topological polar surface area (TPSA) is 49.4 Å². The zero-order chi connectivity index (χ0) is 24.5. The Labute approximate surface area is 209 Å². The van der Waals surface area contributed by atoms with E-state index in [0.29, 0.717) is 25.8 Å². The van der Waals surface area contributed by atoms with Crippen molar-refractivity contribution in [2.75, 3.05) is 0 Å². The minimum atomic E-state index is -0.555. The molecule has 0 unspecified atom stereocenters. The summed E-state index contributed by atoms with van der Waals surface area (Å²) in [7, 11) is 0. The molecule has 1 fully saturated rings. The number of benzene rings is 3. The molecule has 4 nitrogen and oxygen atoms in total. The number of nitrogens with zero attached hydrogens (tertiary/aromatic N) is 1. The summed E-state index contributed by atoms with van der Waals surface area (Å²) in [6, 6.07) is 27.9. The third-order valence-electron chi connectivity index (χ3n) is 7.04. The average Bonchev–Trinajstić information content (AvgIpc) is 3.40. The SMILES string of the molecule is Cc1ccccc1CN(C(=O)CCc1ccccc1)[C@H](Cc1ccccc1)C(=O)NC1CCCC1. The van der Waals surface area contributed by atoms with Crippen molar-refractivity contribution >= 4 is 11.8 Å². The van der Waals surface area contributed by atoms with E-state index in [9.17, 15) is 9.59 Å². The van der Waals surface area contributed by atoms with Crippen LogP contribution in [0.25, 0.3) is 0 Å². The van der Waals surface area contributed by atoms with Crippen LogP contribution < -0.4 is 5.32 Å². The van der Waals surface area contributed by atoms with E-state index in [4.69, 9.17) is 0 Å². The average molecular weight is 469 g/mol. The molecular weight excluding hydrogens is 432 g/mol. The molecule has 0 aliphatic heterocycles. The Balaban J connectivity index is 1.61. The van der Waals surface area contributed by atoms with Crippen LogP contribution >= 0.6 is 0 Å². The molecule has 1 saturated carbocycles. The van der Waals surface area contributed by atoms with Crippen molar-refractivity contribution in [3.8, 4) is 0 Å². The third-order valence-corrected chi connectivity index (χ3v) is 7.04. The zero-order valence-electron chi connectivity index (χ0n) is 20.7. The Kier molecular flexibility index (Phi) is 8.72. The van der Waals surface area contributed by atoms with E-state index >= 15 is 0 Å². The van der Waals surface area contributed by atoms with Crippen molar-refractivity contribution in [3.05, 3.63) is 107 Å². The minimum absolute atomic E-state index is 0.0135. The fourth-order valence-corrected chi connectivity index (χ4v) is 4.93. The molecule has 0 aromatic heterocycles. The lowest BCUT2D eigenvalue weighted by atomic mass is 10.00. The normalized spacial score (nSPS) is 14.4. The minimum Gasteiger partial charge on any atom is -0.352 e. The third kappa shape index (κ3) is 7.05. The standard InChI is InChI=1S/C31H36N2O2/c1-24-12-8-9-17-27(24)23-33(30(34)21-20-25-13-4-2-5-14-25)29(22-26-15-6-3-7-16-26)31(35)32-28-18-10-11-19-28/h2-9,12-17,28-29H,10-11,18-23H2,1H3,(H,32,35)/t29-/m1/s1. The van der Waals surface area contributed by atoms with Crippen LogP contribution in [0.2, 0.25) is 0 Å². The second-order valence-corrected chi connectivity index (χ2v) is 9.63. The van der Waals surface area contributed by atoms with Gasteiger partial charge in [-0.15, -0.1) is 0 Å². The number of aryl methyl sites for hydroxylation is 2. The van der Waals surface area contributed by atoms with Gasteiger partial charge in [-0.3, -0.25) is 9.59 Å². The highest BCUT2D eigenvalue weighted by Crippen LogP contribution is 2.21. The van der Waals surface area contributed by atoms with E-state index < -0.39 is 6.04 Å². The maximum absolute atomic E-state index is 13.8. The lowest BCUT2D eigenvalue weighted by molar-refractivity contribution is -0.141. The summed E-state index contributed by atoms with van der Waals surface area (Å²) in [6.07, 6.45) is 5.87. The highest BCUT2D eigenvalue weighted by Gasteiger charge is 2.32. The van der Waals surface area contributed by atoms with E-state index in [1.165, 1.54) is 0 Å². The molecule has 0 heterocycles. The van der Waals surface area contributed by atoms with Crippen LogP contribution in [-0.4, -0.2) is 28.8 Å². The fraction of sp³-hybridized carbons (Fsp3) is 0.355. The van der Waals surface area contributed by atoms with Gasteiger partial charge >= 0.3 is 0 Å². The van der Waals surface area contributed by atoms with Gasteiger partial charge in [-0.05, 0) is 48.4 Å². The fourth-order valence-electron chi connectivity index (χ4n) is 4.93. The predicted octanol–water partition coefficient (Wildman–Crippen LogP) is 5.63. The molecule has 35 heavy (non-hydrogen) atoms. The molecule has 3 aromatic rings. The van der Waals surface area contributed by atoms with Crippen molar-refractivity contribution in [1.29, 1.82) is 0 Å². The molecule has 1 N–H and O–H groups in total. The first-order chi connectivity index (χ1) is 17.1. The molecule has 2 amide bonds. The molecule has 3 aromatic carbocycles. The first kappa shape index (κ1) is 24.7. The van der Waals surface area contributed by atoms with Gasteiger partial charge in [-0.25, -0.2) is 0 Å². The molecule has 1 aliphatic carbocycles. The lowest BCUT2D eigenvalue weighted by Crippen LogP contribution is -2.52. The molecule has 1 aliphatic rings. The number of hydrogen-bond acceptors (Lipinski definition) is 2. The second kappa shape index (κ2) is 12.3. The largest absolute Gasteiger partial charge is 0.352 e. The summed E-state index contributed by atoms with van der Waals surface area (Å²) in [6.45, 7) is 2.49. The molecule has 0 saturated heterocycles. The summed E-state index contributed by atoms with van der Waals surface area (Å²) in [5.74, 6) is -0.0259. The van der Waals surface area contributed by atoms with Gasteiger partial charge in [0.1, 0.15) is 6.04 Å². The first-order valence-electron chi connectivity index (χ1n) is 12.8. The van der Waals surface area contributed by atoms with Crippen LogP contribution in [0.5, 0.6) is 0 Å². The van der Waals surface area contributed by atoms with Gasteiger partial charge in [0.2, 0.25) is 11.8 Å². The summed E-state index contributed by atoms with van der Waals surface area (Å²) in [5.41, 5.74) is 4.40. The maximum Gasteiger partial charge on any atom is 0.243 e. The number of carbonyl (C=O) groups excluding carboxylic acids is 2. The van der Waals surface area contributed by atoms with Crippen molar-refractivity contribution in [2.45, 2.75) is 70.5 Å². The number of amides is 2. The monoisotopic (exact) mass is 468 g/mol. The Hall–Kier alpha value is -3.40. The van der Waals surface area contributed by atoms with Crippen LogP contribution in [-0.2, 0) is 29.0 Å². The van der Waals surface area contributed by atoms with Crippen LogP contribution in [0, 0.1) is 6.92 Å². The number of hydrogen-bond donors (Lipinski definition) is 1. The summed E-state index contributed by atoms with van der Waals surface area (Å²) in [5, 5.41) is 3.28. The van der Waals surface area contributed by atoms with Crippen LogP contribution in [0.4, 0.5) is 0 Å². The summed E-state index contributed by atoms with van der Waals surface area (Å²) >= 11 is 0. The summed E-state index contributed by atoms with van der Waals surface area (Å²) < 4.78 is 0. The molecule has 4 rings (SSSR count). The van der Waals surface area contributed by atoms with Crippen molar-refractivity contribution in [1.82, 2.24) is 10.2 Å². The smallest absolute Gasteiger partial charge is 0.243 e. The second-order valence-electron chi connectivity index (χ2n) is 9.63. The predicted molar refractivity (Wildman–Crippen MR) is 141 cm³/mol. The quantitative estimate of drug-likeness (QED) is 0.419. The Morgan fingerprint density at radius 2 is 1.46 bits per heavy atom. The van der Waals surface area contributed by atoms with Gasteiger partial charge in [0.05, 0.1) is 0 Å².